The first-order valence-electron chi connectivity index (χ1n) is 19.9. The number of nitrogens with one attached hydrogen (secondary N) is 2. The molecule has 0 aliphatic heterocycles. The Morgan fingerprint density at radius 2 is 0.547 bits per heavy atom. The molecular weight excluding hydrogens is 844 g/mol. The zero-order chi connectivity index (χ0) is 49.8. The van der Waals surface area contributed by atoms with Gasteiger partial charge >= 0.3 is 0 Å². The fourth-order valence-electron chi connectivity index (χ4n) is 4.93. The Labute approximate surface area is 373 Å². The van der Waals surface area contributed by atoms with Crippen LogP contribution in [-0.4, -0.2) is 274 Å². The third kappa shape index (κ3) is 21.4. The van der Waals surface area contributed by atoms with Crippen LogP contribution in [0.2, 0.25) is 0 Å². The molecule has 0 aromatic heterocycles. The first kappa shape index (κ1) is 57.3. The summed E-state index contributed by atoms with van der Waals surface area (Å²) in [5, 5.41) is 4.94. The van der Waals surface area contributed by atoms with E-state index in [4.69, 9.17) is 0 Å². The molecule has 0 bridgehead atoms. The van der Waals surface area contributed by atoms with E-state index in [0.29, 0.717) is 0 Å². The lowest BCUT2D eigenvalue weighted by atomic mass is 10.2. The fraction of sp³-hybridized carbons (Fsp3) is 0.667. The van der Waals surface area contributed by atoms with Crippen molar-refractivity contribution in [3.05, 3.63) is 0 Å². The van der Waals surface area contributed by atoms with Gasteiger partial charge in [0.15, 0.2) is 5.78 Å². The van der Waals surface area contributed by atoms with Gasteiger partial charge in [-0.3, -0.25) is 62.3 Å². The second-order valence-corrected chi connectivity index (χ2v) is 15.6. The lowest BCUT2D eigenvalue weighted by Gasteiger charge is -2.27. The van der Waals surface area contributed by atoms with Crippen molar-refractivity contribution in [2.45, 2.75) is 33.2 Å². The van der Waals surface area contributed by atoms with Gasteiger partial charge in [-0.15, -0.1) is 0 Å². The highest BCUT2D eigenvalue weighted by Gasteiger charge is 2.26. The van der Waals surface area contributed by atoms with Crippen LogP contribution in [0.3, 0.4) is 0 Å². The van der Waals surface area contributed by atoms with Crippen LogP contribution >= 0.6 is 0 Å². The molecule has 2 N–H and O–H groups in total. The number of hydrogen-bond donors (Lipinski definition) is 2. The summed E-state index contributed by atoms with van der Waals surface area (Å²) in [5.41, 5.74) is 0. The molecular formula is C39H66N12O13. The van der Waals surface area contributed by atoms with Crippen LogP contribution < -0.4 is 10.6 Å². The Morgan fingerprint density at radius 1 is 0.344 bits per heavy atom. The summed E-state index contributed by atoms with van der Waals surface area (Å²) in [6.07, 6.45) is -0.0165. The second-order valence-electron chi connectivity index (χ2n) is 15.6. The Hall–Kier alpha value is -6.69. The highest BCUT2D eigenvalue weighted by molar-refractivity contribution is 5.94. The molecule has 0 fully saturated rings. The van der Waals surface area contributed by atoms with Crippen molar-refractivity contribution in [1.82, 2.24) is 59.6 Å². The SMILES string of the molecule is CC(=O)NCCC(=O)N(C)CC(=O)N(C)CC(=O)N(C)CC(=O)N(C)CC(=O)N(C)CC(=O)N(C)CC(=O)N(C)CC(=O)N(C)CC(=O)N(C)CC(=O)N(C)CC(=O)N[C@@H](C)C(C)=O. The maximum atomic E-state index is 12.9. The summed E-state index contributed by atoms with van der Waals surface area (Å²) in [6.45, 7) is 0.0423. The largest absolute Gasteiger partial charge is 0.356 e. The molecule has 25 nitrogen and oxygen atoms in total. The molecule has 12 amide bonds. The van der Waals surface area contributed by atoms with E-state index in [0.717, 1.165) is 49.0 Å². The first-order valence-corrected chi connectivity index (χ1v) is 19.9. The van der Waals surface area contributed by atoms with Crippen LogP contribution in [0.5, 0.6) is 0 Å². The predicted octanol–water partition coefficient (Wildman–Crippen LogP) is -5.81. The molecule has 0 aliphatic carbocycles. The standard InChI is InChI=1S/C39H66N12O13/c1-26(27(2)52)41-29(54)16-42(4)31(56)18-44(6)33(58)20-46(8)35(60)22-48(10)37(62)24-50(12)39(64)25-51(13)38(63)23-49(11)36(61)21-47(9)34(59)19-45(7)32(57)17-43(5)30(55)14-15-40-28(3)53/h26H,14-25H2,1-13H3,(H,40,53)(H,41,54)/t26-/m0/s1. The van der Waals surface area contributed by atoms with E-state index in [9.17, 15) is 62.3 Å². The Bertz CT molecular complexity index is 1780. The average Bonchev–Trinajstić information content (AvgIpc) is 3.19. The number of hydrogen-bond acceptors (Lipinski definition) is 13. The van der Waals surface area contributed by atoms with Gasteiger partial charge in [0.2, 0.25) is 70.9 Å². The number of Topliss-reactive ketones (excluding diaryl/α,β-unsaturated/α-hetero) is 1. The molecule has 25 heteroatoms. The molecule has 0 radical (unpaired) electrons. The number of nitrogens with zero attached hydrogens (tertiary/aromatic N) is 10. The van der Waals surface area contributed by atoms with E-state index in [1.165, 1.54) is 91.2 Å². The molecule has 0 unspecified atom stereocenters. The summed E-state index contributed by atoms with van der Waals surface area (Å²) < 4.78 is 0. The number of carbonyl (C=O) groups is 13. The van der Waals surface area contributed by atoms with E-state index in [1.807, 2.05) is 0 Å². The van der Waals surface area contributed by atoms with Gasteiger partial charge in [0, 0.05) is 90.4 Å². The second kappa shape index (κ2) is 27.4. The van der Waals surface area contributed by atoms with E-state index in [-0.39, 0.29) is 43.7 Å². The van der Waals surface area contributed by atoms with Crippen molar-refractivity contribution in [2.24, 2.45) is 0 Å². The van der Waals surface area contributed by atoms with Gasteiger partial charge in [-0.2, -0.15) is 0 Å². The molecule has 0 saturated carbocycles. The van der Waals surface area contributed by atoms with Crippen molar-refractivity contribution in [3.63, 3.8) is 0 Å². The summed E-state index contributed by atoms with van der Waals surface area (Å²) >= 11 is 0. The summed E-state index contributed by atoms with van der Waals surface area (Å²) in [5.74, 6) is -6.97. The van der Waals surface area contributed by atoms with Gasteiger partial charge in [-0.1, -0.05) is 0 Å². The summed E-state index contributed by atoms with van der Waals surface area (Å²) in [4.78, 5) is 172. The van der Waals surface area contributed by atoms with Crippen LogP contribution in [-0.2, 0) is 62.3 Å². The van der Waals surface area contributed by atoms with Crippen molar-refractivity contribution in [1.29, 1.82) is 0 Å². The summed E-state index contributed by atoms with van der Waals surface area (Å²) in [6, 6.07) is -0.726. The van der Waals surface area contributed by atoms with E-state index in [2.05, 4.69) is 10.6 Å². The number of carbonyl (C=O) groups excluding carboxylic acids is 13. The number of likely N-dealkylation sites (N-methyl/N-ethyl adjacent to an activating group) is 10. The Kier molecular flexibility index (Phi) is 24.5. The molecule has 360 valence electrons. The van der Waals surface area contributed by atoms with E-state index >= 15 is 0 Å². The van der Waals surface area contributed by atoms with Crippen LogP contribution in [0.4, 0.5) is 0 Å². The van der Waals surface area contributed by atoms with Gasteiger partial charge in [-0.25, -0.2) is 0 Å². The van der Waals surface area contributed by atoms with Gasteiger partial charge in [0.1, 0.15) is 0 Å². The van der Waals surface area contributed by atoms with E-state index in [1.54, 1.807) is 0 Å². The summed E-state index contributed by atoms with van der Waals surface area (Å²) in [7, 11) is 13.4. The minimum Gasteiger partial charge on any atom is -0.356 e. The van der Waals surface area contributed by atoms with Gasteiger partial charge in [-0.05, 0) is 13.8 Å². The van der Waals surface area contributed by atoms with Crippen LogP contribution in [0.25, 0.3) is 0 Å². The first-order chi connectivity index (χ1) is 29.5. The zero-order valence-corrected chi connectivity index (χ0v) is 39.3. The maximum Gasteiger partial charge on any atom is 0.242 e. The minimum atomic E-state index is -0.726. The highest BCUT2D eigenvalue weighted by Crippen LogP contribution is 2.01. The molecule has 0 heterocycles. The van der Waals surface area contributed by atoms with Crippen molar-refractivity contribution >= 4 is 76.7 Å². The average molecular weight is 911 g/mol. The molecule has 1 atom stereocenters. The third-order valence-electron chi connectivity index (χ3n) is 9.69. The molecule has 0 spiro atoms. The van der Waals surface area contributed by atoms with Gasteiger partial charge in [0.05, 0.1) is 71.5 Å². The lowest BCUT2D eigenvalue weighted by molar-refractivity contribution is -0.146. The zero-order valence-electron chi connectivity index (χ0n) is 39.3. The number of amides is 12. The predicted molar refractivity (Wildman–Crippen MR) is 228 cm³/mol. The minimum absolute atomic E-state index is 0.0165. The smallest absolute Gasteiger partial charge is 0.242 e. The van der Waals surface area contributed by atoms with Crippen LogP contribution in [0, 0.1) is 0 Å². The molecule has 0 rings (SSSR count). The Morgan fingerprint density at radius 3 is 0.750 bits per heavy atom. The van der Waals surface area contributed by atoms with Gasteiger partial charge < -0.3 is 59.6 Å². The number of rotatable bonds is 25. The quantitative estimate of drug-likeness (QED) is 0.0865. The van der Waals surface area contributed by atoms with Crippen molar-refractivity contribution in [3.8, 4) is 0 Å². The van der Waals surface area contributed by atoms with Crippen LogP contribution in [0.1, 0.15) is 27.2 Å². The monoisotopic (exact) mass is 910 g/mol. The fourth-order valence-corrected chi connectivity index (χ4v) is 4.93. The number of ketones is 1. The molecule has 0 aromatic carbocycles. The Balaban J connectivity index is 4.89. The van der Waals surface area contributed by atoms with Crippen molar-refractivity contribution in [2.75, 3.05) is 142 Å². The van der Waals surface area contributed by atoms with Crippen LogP contribution in [0.15, 0.2) is 0 Å². The lowest BCUT2D eigenvalue weighted by Crippen LogP contribution is -2.49. The highest BCUT2D eigenvalue weighted by atomic mass is 16.2. The van der Waals surface area contributed by atoms with E-state index < -0.39 is 117 Å². The van der Waals surface area contributed by atoms with Crippen molar-refractivity contribution < 1.29 is 62.3 Å². The third-order valence-corrected chi connectivity index (χ3v) is 9.69. The molecule has 0 saturated heterocycles. The molecule has 64 heavy (non-hydrogen) atoms. The van der Waals surface area contributed by atoms with Gasteiger partial charge in [0.25, 0.3) is 0 Å². The normalized spacial score (nSPS) is 10.8. The molecule has 0 aliphatic rings. The molecule has 0 aromatic rings. The topological polar surface area (TPSA) is 278 Å². The maximum absolute atomic E-state index is 12.9.